The van der Waals surface area contributed by atoms with Gasteiger partial charge in [0, 0.05) is 34.2 Å². The summed E-state index contributed by atoms with van der Waals surface area (Å²) in [4.78, 5) is 0. The minimum absolute atomic E-state index is 0.0294. The fourth-order valence-corrected chi connectivity index (χ4v) is 9.30. The van der Waals surface area contributed by atoms with Crippen LogP contribution in [0.15, 0.2) is 30.3 Å². The Bertz CT molecular complexity index is 1820. The number of phenolic OH excluding ortho intramolecular Hbond substituents is 2. The maximum Gasteiger partial charge on any atom is 0.274 e. The van der Waals surface area contributed by atoms with Crippen molar-refractivity contribution in [2.24, 2.45) is 0 Å². The Morgan fingerprint density at radius 2 is 1.76 bits per heavy atom. The molecule has 0 saturated carbocycles. The molecule has 4 heterocycles. The molecular formula is C30H29NO8S2. The first-order valence-electron chi connectivity index (χ1n) is 13.3. The number of methoxy groups -OCH3 is 1. The molecule has 4 aromatic rings. The Kier molecular flexibility index (Phi) is 5.16. The third kappa shape index (κ3) is 2.80. The average molecular weight is 596 g/mol. The molecule has 9 nitrogen and oxygen atoms in total. The maximum absolute atomic E-state index is 12.2. The first-order chi connectivity index (χ1) is 19.7. The number of thioether (sulfide) groups is 2. The highest BCUT2D eigenvalue weighted by molar-refractivity contribution is 8.16. The van der Waals surface area contributed by atoms with E-state index < -0.39 is 29.4 Å². The van der Waals surface area contributed by atoms with Gasteiger partial charge in [-0.25, -0.2) is 0 Å². The van der Waals surface area contributed by atoms with E-state index in [-0.39, 0.29) is 22.7 Å². The second kappa shape index (κ2) is 8.18. The number of nitrogens with one attached hydrogen (secondary N) is 1. The van der Waals surface area contributed by atoms with Gasteiger partial charge in [-0.3, -0.25) is 0 Å². The zero-order valence-electron chi connectivity index (χ0n) is 23.0. The summed E-state index contributed by atoms with van der Waals surface area (Å²) in [5.41, 5.74) is 1.22. The lowest BCUT2D eigenvalue weighted by Crippen LogP contribution is -2.68. The lowest BCUT2D eigenvalue weighted by molar-refractivity contribution is -0.274. The highest BCUT2D eigenvalue weighted by atomic mass is 32.2. The topological polar surface area (TPSA) is 122 Å². The van der Waals surface area contributed by atoms with E-state index in [2.05, 4.69) is 5.32 Å². The molecule has 4 N–H and O–H groups in total. The molecule has 0 aromatic heterocycles. The van der Waals surface area contributed by atoms with Crippen molar-refractivity contribution in [1.82, 2.24) is 0 Å². The van der Waals surface area contributed by atoms with E-state index in [1.165, 1.54) is 7.11 Å². The third-order valence-corrected chi connectivity index (χ3v) is 11.9. The largest absolute Gasteiger partial charge is 0.507 e. The van der Waals surface area contributed by atoms with Crippen LogP contribution in [-0.2, 0) is 14.2 Å². The van der Waals surface area contributed by atoms with Gasteiger partial charge in [0.15, 0.2) is 11.9 Å². The fraction of sp³-hybridized carbons (Fsp3) is 0.400. The third-order valence-electron chi connectivity index (χ3n) is 9.23. The van der Waals surface area contributed by atoms with Crippen LogP contribution in [-0.4, -0.2) is 76.5 Å². The van der Waals surface area contributed by atoms with Crippen LogP contribution >= 0.6 is 23.5 Å². The zero-order chi connectivity index (χ0) is 28.6. The summed E-state index contributed by atoms with van der Waals surface area (Å²) >= 11 is 3.19. The summed E-state index contributed by atoms with van der Waals surface area (Å²) in [5.74, 6) is -2.04. The molecule has 3 unspecified atom stereocenters. The average Bonchev–Trinajstić information content (AvgIpc) is 3.65. The number of anilines is 1. The van der Waals surface area contributed by atoms with E-state index in [0.29, 0.717) is 44.1 Å². The highest BCUT2D eigenvalue weighted by Crippen LogP contribution is 2.72. The normalized spacial score (nSPS) is 30.9. The minimum atomic E-state index is -1.76. The second-order valence-electron chi connectivity index (χ2n) is 11.0. The quantitative estimate of drug-likeness (QED) is 0.108. The van der Waals surface area contributed by atoms with E-state index in [9.17, 15) is 15.3 Å². The zero-order valence-corrected chi connectivity index (χ0v) is 24.7. The maximum atomic E-state index is 12.2. The Morgan fingerprint density at radius 3 is 2.41 bits per heavy atom. The van der Waals surface area contributed by atoms with Crippen molar-refractivity contribution in [3.63, 3.8) is 0 Å². The van der Waals surface area contributed by atoms with Crippen LogP contribution in [0.4, 0.5) is 5.69 Å². The lowest BCUT2D eigenvalue weighted by Gasteiger charge is -2.47. The van der Waals surface area contributed by atoms with Crippen molar-refractivity contribution in [1.29, 1.82) is 0 Å². The molecule has 1 spiro atoms. The van der Waals surface area contributed by atoms with Gasteiger partial charge in [-0.2, -0.15) is 0 Å². The van der Waals surface area contributed by atoms with Crippen LogP contribution in [0.2, 0.25) is 0 Å². The van der Waals surface area contributed by atoms with Gasteiger partial charge in [-0.1, -0.05) is 6.07 Å². The molecule has 4 aliphatic rings. The number of ether oxygens (including phenoxy) is 5. The van der Waals surface area contributed by atoms with Crippen LogP contribution in [0, 0.1) is 6.92 Å². The van der Waals surface area contributed by atoms with E-state index in [0.717, 1.165) is 16.5 Å². The number of fused-ring (bicyclic) bond motifs is 9. The number of hydrogen-bond donors (Lipinski definition) is 4. The van der Waals surface area contributed by atoms with Gasteiger partial charge in [-0.15, -0.1) is 23.5 Å². The molecule has 214 valence electrons. The molecule has 11 heteroatoms. The first kappa shape index (κ1) is 25.9. The van der Waals surface area contributed by atoms with E-state index in [4.69, 9.17) is 23.7 Å². The Morgan fingerprint density at radius 1 is 1.02 bits per heavy atom. The molecule has 0 aliphatic carbocycles. The number of benzene rings is 4. The summed E-state index contributed by atoms with van der Waals surface area (Å²) < 4.78 is 31.4. The first-order valence-corrected chi connectivity index (χ1v) is 15.9. The molecule has 4 aromatic carbocycles. The van der Waals surface area contributed by atoms with Gasteiger partial charge in [0.05, 0.1) is 24.8 Å². The number of rotatable bonds is 5. The molecule has 8 rings (SSSR count). The molecular weight excluding hydrogens is 566 g/mol. The van der Waals surface area contributed by atoms with Gasteiger partial charge >= 0.3 is 0 Å². The fourth-order valence-electron chi connectivity index (χ4n) is 7.30. The summed E-state index contributed by atoms with van der Waals surface area (Å²) in [6, 6.07) is 9.20. The van der Waals surface area contributed by atoms with Gasteiger partial charge < -0.3 is 44.3 Å². The molecule has 0 amide bonds. The van der Waals surface area contributed by atoms with Gasteiger partial charge in [0.2, 0.25) is 11.4 Å². The smallest absolute Gasteiger partial charge is 0.274 e. The van der Waals surface area contributed by atoms with Gasteiger partial charge in [-0.05, 0) is 54.7 Å². The molecule has 3 saturated heterocycles. The van der Waals surface area contributed by atoms with Crippen molar-refractivity contribution in [2.75, 3.05) is 38.6 Å². The van der Waals surface area contributed by atoms with Crippen molar-refractivity contribution >= 4 is 61.5 Å². The predicted octanol–water partition coefficient (Wildman–Crippen LogP) is 4.98. The summed E-state index contributed by atoms with van der Waals surface area (Å²) in [6.45, 7) is 2.23. The summed E-state index contributed by atoms with van der Waals surface area (Å²) in [6.07, 6.45) is 2.64. The number of aryl methyl sites for hydroxylation is 1. The van der Waals surface area contributed by atoms with Crippen LogP contribution in [0.5, 0.6) is 23.0 Å². The summed E-state index contributed by atoms with van der Waals surface area (Å²) in [5, 5.41) is 41.5. The molecule has 0 radical (unpaired) electrons. The van der Waals surface area contributed by atoms with Crippen LogP contribution < -0.4 is 14.8 Å². The molecule has 2 bridgehead atoms. The Balaban J connectivity index is 1.41. The number of hydrogen-bond acceptors (Lipinski definition) is 11. The number of phenols is 2. The Hall–Kier alpha value is -2.80. The van der Waals surface area contributed by atoms with Crippen molar-refractivity contribution in [3.05, 3.63) is 41.5 Å². The highest BCUT2D eigenvalue weighted by Gasteiger charge is 2.91. The summed E-state index contributed by atoms with van der Waals surface area (Å²) in [7, 11) is 3.29. The SMILES string of the molecule is CNc1ccc2c(O)c3cc4cc(C)c5c(c4cc3c(O)c2c1OC)O[C@]1(O)C2OC(C(SC)SC)(OC52)[C@]12CO2. The number of epoxide rings is 1. The van der Waals surface area contributed by atoms with E-state index in [1.807, 2.05) is 31.6 Å². The standard InChI is InChI=1S/C30H29NO8S2/c1-12-8-13-9-16-17(22(33)20-14(21(16)32)6-7-18(31-2)24(20)35-3)10-15(13)23-19(12)25-26-29(34,37-23)28(11-36-28)30(38-25,39-26)27(40-4)41-5/h6-10,25-27,31-34H,11H2,1-5H3/t25?,26?,28-,29+,30?/m0/s1. The van der Waals surface area contributed by atoms with Gasteiger partial charge in [0.1, 0.15) is 27.9 Å². The number of aliphatic hydroxyl groups is 1. The van der Waals surface area contributed by atoms with Crippen molar-refractivity contribution in [2.45, 2.75) is 40.9 Å². The van der Waals surface area contributed by atoms with E-state index in [1.54, 1.807) is 48.8 Å². The molecule has 4 aliphatic heterocycles. The Labute approximate surface area is 244 Å². The monoisotopic (exact) mass is 595 g/mol. The minimum Gasteiger partial charge on any atom is -0.507 e. The van der Waals surface area contributed by atoms with Crippen LogP contribution in [0.25, 0.3) is 32.3 Å². The molecule has 41 heavy (non-hydrogen) atoms. The predicted molar refractivity (Wildman–Crippen MR) is 160 cm³/mol. The van der Waals surface area contributed by atoms with Crippen LogP contribution in [0.1, 0.15) is 17.2 Å². The number of aromatic hydroxyl groups is 2. The van der Waals surface area contributed by atoms with Crippen LogP contribution in [0.3, 0.4) is 0 Å². The van der Waals surface area contributed by atoms with E-state index >= 15 is 0 Å². The lowest BCUT2D eigenvalue weighted by atomic mass is 9.79. The molecule has 5 atom stereocenters. The molecule has 3 fully saturated rings. The van der Waals surface area contributed by atoms with Crippen molar-refractivity contribution in [3.8, 4) is 23.0 Å². The second-order valence-corrected chi connectivity index (χ2v) is 13.2. The van der Waals surface area contributed by atoms with Gasteiger partial charge in [0.25, 0.3) is 5.79 Å². The van der Waals surface area contributed by atoms with Crippen molar-refractivity contribution < 1.29 is 39.0 Å².